The number of hydrogen-bond donors (Lipinski definition) is 1. The van der Waals surface area contributed by atoms with Crippen LogP contribution in [-0.4, -0.2) is 58.0 Å². The molecular formula is C24H20NNa3O11S3. The minimum absolute atomic E-state index is 0. The Morgan fingerprint density at radius 2 is 1.14 bits per heavy atom. The first-order valence-electron chi connectivity index (χ1n) is 11.2. The van der Waals surface area contributed by atoms with Gasteiger partial charge in [0.1, 0.15) is 30.4 Å². The van der Waals surface area contributed by atoms with E-state index in [0.29, 0.717) is 18.9 Å². The molecule has 42 heavy (non-hydrogen) atoms. The number of carbonyl (C=O) groups is 1. The van der Waals surface area contributed by atoms with Crippen molar-refractivity contribution in [3.05, 3.63) is 48.6 Å². The fourth-order valence-corrected chi connectivity index (χ4v) is 6.58. The minimum atomic E-state index is -5.28. The molecule has 0 atom stereocenters. The summed E-state index contributed by atoms with van der Waals surface area (Å²) in [7, 11) is -15.7. The molecule has 0 spiro atoms. The summed E-state index contributed by atoms with van der Waals surface area (Å²) < 4.78 is 114. The number of unbranched alkanes of at least 4 members (excludes halogenated alkanes) is 1. The zero-order chi connectivity index (χ0) is 28.9. The van der Waals surface area contributed by atoms with Crippen LogP contribution in [0.1, 0.15) is 19.8 Å². The molecule has 4 aromatic rings. The van der Waals surface area contributed by atoms with Crippen LogP contribution >= 0.6 is 0 Å². The summed E-state index contributed by atoms with van der Waals surface area (Å²) in [6.07, 6.45) is 0.877. The zero-order valence-corrected chi connectivity index (χ0v) is 31.7. The first kappa shape index (κ1) is 39.7. The third kappa shape index (κ3) is 8.27. The number of ether oxygens (including phenoxy) is 1. The van der Waals surface area contributed by atoms with Gasteiger partial charge >= 0.3 is 94.6 Å². The summed E-state index contributed by atoms with van der Waals surface area (Å²) in [6, 6.07) is 6.45. The van der Waals surface area contributed by atoms with E-state index < -0.39 is 51.0 Å². The Balaban J connectivity index is 0.00000294. The van der Waals surface area contributed by atoms with Crippen LogP contribution in [0, 0.1) is 0 Å². The average molecular weight is 664 g/mol. The molecule has 0 radical (unpaired) electrons. The molecule has 4 rings (SSSR count). The van der Waals surface area contributed by atoms with Gasteiger partial charge in [0.05, 0.1) is 21.3 Å². The number of benzene rings is 4. The van der Waals surface area contributed by atoms with Gasteiger partial charge in [0, 0.05) is 44.7 Å². The van der Waals surface area contributed by atoms with Crippen LogP contribution in [0.25, 0.3) is 32.3 Å². The average Bonchev–Trinajstić information content (AvgIpc) is 2.82. The number of rotatable bonds is 10. The number of nitrogens with one attached hydrogen (secondary N) is 1. The molecule has 12 nitrogen and oxygen atoms in total. The van der Waals surface area contributed by atoms with E-state index in [1.54, 1.807) is 0 Å². The van der Waals surface area contributed by atoms with Crippen molar-refractivity contribution in [2.75, 3.05) is 18.5 Å². The second-order valence-corrected chi connectivity index (χ2v) is 12.8. The number of esters is 1. The zero-order valence-electron chi connectivity index (χ0n) is 23.2. The summed E-state index contributed by atoms with van der Waals surface area (Å²) in [5, 5.41) is 2.45. The molecule has 0 aliphatic rings. The second-order valence-electron chi connectivity index (χ2n) is 8.78. The van der Waals surface area contributed by atoms with Crippen molar-refractivity contribution in [3.8, 4) is 0 Å². The van der Waals surface area contributed by atoms with E-state index in [1.807, 2.05) is 0 Å². The summed E-state index contributed by atoms with van der Waals surface area (Å²) in [5.41, 5.74) is 0.390. The molecule has 0 aliphatic heterocycles. The minimum Gasteiger partial charge on any atom is -0.744 e. The van der Waals surface area contributed by atoms with Crippen LogP contribution in [0.2, 0.25) is 0 Å². The molecule has 1 N–H and O–H groups in total. The Kier molecular flexibility index (Phi) is 14.0. The number of anilines is 1. The molecule has 0 saturated heterocycles. The fraction of sp³-hybridized carbons (Fsp3) is 0.208. The van der Waals surface area contributed by atoms with E-state index in [1.165, 1.54) is 19.1 Å². The monoisotopic (exact) mass is 663 g/mol. The van der Waals surface area contributed by atoms with Gasteiger partial charge in [-0.05, 0) is 37.3 Å². The van der Waals surface area contributed by atoms with Gasteiger partial charge in [-0.2, -0.15) is 0 Å². The standard InChI is InChI=1S/C24H23NO11S3.3Na/c1-13(2)24(26)36-10-4-3-9-25-18-11-19(37(27,28)29)15-7-8-17-21(39(33,34)35)12-20(38(30,31)32)16-6-5-14(18)22(15)23(16)17;;;/h5-8,11-12,25H,1,3-4,9-10H2,2H3,(H,27,28,29)(H,30,31,32)(H,33,34,35);;;/q;3*+1/p-3. The van der Waals surface area contributed by atoms with E-state index in [4.69, 9.17) is 4.74 Å². The van der Waals surface area contributed by atoms with Crippen molar-refractivity contribution in [1.29, 1.82) is 0 Å². The molecule has 4 aromatic carbocycles. The van der Waals surface area contributed by atoms with Gasteiger partial charge < -0.3 is 23.7 Å². The molecule has 0 aliphatic carbocycles. The third-order valence-electron chi connectivity index (χ3n) is 6.06. The van der Waals surface area contributed by atoms with Crippen LogP contribution in [0.4, 0.5) is 5.69 Å². The molecule has 0 fully saturated rings. The van der Waals surface area contributed by atoms with Gasteiger partial charge in [-0.25, -0.2) is 30.0 Å². The Labute approximate surface area is 309 Å². The predicted octanol–water partition coefficient (Wildman–Crippen LogP) is -6.38. The van der Waals surface area contributed by atoms with Crippen molar-refractivity contribution in [2.24, 2.45) is 0 Å². The van der Waals surface area contributed by atoms with E-state index in [2.05, 4.69) is 11.9 Å². The van der Waals surface area contributed by atoms with Crippen molar-refractivity contribution >= 4 is 74.3 Å². The maximum atomic E-state index is 12.2. The topological polar surface area (TPSA) is 210 Å². The maximum absolute atomic E-state index is 12.2. The van der Waals surface area contributed by atoms with Crippen LogP contribution in [0.15, 0.2) is 63.2 Å². The number of hydrogen-bond acceptors (Lipinski definition) is 12. The van der Waals surface area contributed by atoms with Crippen molar-refractivity contribution < 1.29 is 137 Å². The van der Waals surface area contributed by atoms with E-state index in [9.17, 15) is 43.7 Å². The molecular weight excluding hydrogens is 643 g/mol. The van der Waals surface area contributed by atoms with Crippen LogP contribution in [0.5, 0.6) is 0 Å². The van der Waals surface area contributed by atoms with E-state index >= 15 is 0 Å². The van der Waals surface area contributed by atoms with Gasteiger partial charge in [0.2, 0.25) is 0 Å². The molecule has 0 amide bonds. The molecule has 0 heterocycles. The Morgan fingerprint density at radius 1 is 0.738 bits per heavy atom. The second kappa shape index (κ2) is 14.8. The van der Waals surface area contributed by atoms with Gasteiger partial charge in [0.25, 0.3) is 0 Å². The van der Waals surface area contributed by atoms with Gasteiger partial charge in [-0.3, -0.25) is 0 Å². The quantitative estimate of drug-likeness (QED) is 0.0420. The van der Waals surface area contributed by atoms with Crippen LogP contribution in [0.3, 0.4) is 0 Å². The SMILES string of the molecule is C=C(C)C(=O)OCCCCNc1cc(S(=O)(=O)[O-])c2ccc3c(S(=O)(=O)[O-])cc(S(=O)(=O)[O-])c4ccc1c2c43.[Na+].[Na+].[Na+]. The molecule has 0 saturated carbocycles. The molecule has 18 heteroatoms. The molecule has 0 bridgehead atoms. The smallest absolute Gasteiger partial charge is 0.744 e. The van der Waals surface area contributed by atoms with Crippen molar-refractivity contribution in [2.45, 2.75) is 34.5 Å². The van der Waals surface area contributed by atoms with Crippen LogP contribution < -0.4 is 94.0 Å². The largest absolute Gasteiger partial charge is 1.00 e. The third-order valence-corrected chi connectivity index (χ3v) is 8.69. The summed E-state index contributed by atoms with van der Waals surface area (Å²) in [5.74, 6) is -0.543. The van der Waals surface area contributed by atoms with Gasteiger partial charge in [0.15, 0.2) is 0 Å². The molecule has 0 unspecified atom stereocenters. The van der Waals surface area contributed by atoms with Crippen LogP contribution in [-0.2, 0) is 39.9 Å². The Morgan fingerprint density at radius 3 is 1.57 bits per heavy atom. The molecule has 0 aromatic heterocycles. The summed E-state index contributed by atoms with van der Waals surface area (Å²) >= 11 is 0. The van der Waals surface area contributed by atoms with Crippen molar-refractivity contribution in [1.82, 2.24) is 0 Å². The first-order chi connectivity index (χ1) is 18.0. The summed E-state index contributed by atoms with van der Waals surface area (Å²) in [6.45, 7) is 5.31. The normalized spacial score (nSPS) is 11.9. The predicted molar refractivity (Wildman–Crippen MR) is 138 cm³/mol. The summed E-state index contributed by atoms with van der Waals surface area (Å²) in [4.78, 5) is 8.84. The van der Waals surface area contributed by atoms with Crippen molar-refractivity contribution in [3.63, 3.8) is 0 Å². The first-order valence-corrected chi connectivity index (χ1v) is 15.5. The number of carbonyl (C=O) groups excluding carboxylic acids is 1. The van der Waals surface area contributed by atoms with E-state index in [-0.39, 0.29) is 145 Å². The van der Waals surface area contributed by atoms with E-state index in [0.717, 1.165) is 18.2 Å². The fourth-order valence-electron chi connectivity index (χ4n) is 4.40. The molecule has 208 valence electrons. The van der Waals surface area contributed by atoms with Gasteiger partial charge in [-0.1, -0.05) is 30.8 Å². The Hall–Kier alpha value is -0.340. The Bertz CT molecular complexity index is 1940. The van der Waals surface area contributed by atoms with Gasteiger partial charge in [-0.15, -0.1) is 0 Å². The maximum Gasteiger partial charge on any atom is 1.00 e.